The summed E-state index contributed by atoms with van der Waals surface area (Å²) >= 11 is 0. The number of nitrogens with two attached hydrogens (primary N) is 1. The number of hydrogen-bond donors (Lipinski definition) is 1. The van der Waals surface area contributed by atoms with Gasteiger partial charge in [0.05, 0.1) is 11.9 Å². The number of piperidine rings is 1. The van der Waals surface area contributed by atoms with Crippen molar-refractivity contribution in [3.8, 4) is 0 Å². The first-order valence-electron chi connectivity index (χ1n) is 6.93. The quantitative estimate of drug-likeness (QED) is 0.881. The van der Waals surface area contributed by atoms with Crippen LogP contribution in [-0.4, -0.2) is 47.1 Å². The second-order valence-corrected chi connectivity index (χ2v) is 7.81. The van der Waals surface area contributed by atoms with Crippen LogP contribution >= 0.6 is 0 Å². The number of nitrogen functional groups attached to an aromatic ring is 1. The van der Waals surface area contributed by atoms with E-state index in [1.54, 1.807) is 4.31 Å². The third-order valence-corrected chi connectivity index (χ3v) is 5.00. The molecule has 0 radical (unpaired) electrons. The lowest BCUT2D eigenvalue weighted by atomic mass is 9.99. The summed E-state index contributed by atoms with van der Waals surface area (Å²) in [5.41, 5.74) is 6.78. The maximum absolute atomic E-state index is 11.6. The van der Waals surface area contributed by atoms with Crippen LogP contribution in [-0.2, 0) is 16.6 Å². The molecule has 1 aliphatic rings. The summed E-state index contributed by atoms with van der Waals surface area (Å²) < 4.78 is 26.7. The minimum Gasteiger partial charge on any atom is -0.381 e. The zero-order chi connectivity index (χ0) is 14.9. The highest BCUT2D eigenvalue weighted by Crippen LogP contribution is 2.24. The van der Waals surface area contributed by atoms with Crippen LogP contribution in [0.3, 0.4) is 0 Å². The van der Waals surface area contributed by atoms with Crippen LogP contribution in [0.4, 0.5) is 5.82 Å². The van der Waals surface area contributed by atoms with Crippen molar-refractivity contribution < 1.29 is 8.42 Å². The molecule has 2 heterocycles. The average Bonchev–Trinajstić information content (AvgIpc) is 2.69. The van der Waals surface area contributed by atoms with Crippen LogP contribution in [0.5, 0.6) is 0 Å². The van der Waals surface area contributed by atoms with Gasteiger partial charge in [0.15, 0.2) is 5.82 Å². The van der Waals surface area contributed by atoms with E-state index in [1.165, 1.54) is 6.26 Å². The largest absolute Gasteiger partial charge is 0.381 e. The first-order valence-corrected chi connectivity index (χ1v) is 8.78. The highest BCUT2D eigenvalue weighted by Gasteiger charge is 2.27. The molecule has 1 fully saturated rings. The number of nitrogens with zero attached hydrogens (tertiary/aromatic N) is 4. The Morgan fingerprint density at radius 2 is 2.15 bits per heavy atom. The number of anilines is 1. The van der Waals surface area contributed by atoms with Crippen LogP contribution in [0, 0.1) is 5.92 Å². The summed E-state index contributed by atoms with van der Waals surface area (Å²) in [5.74, 6) is 0.979. The number of hydrogen-bond acceptors (Lipinski definition) is 5. The third kappa shape index (κ3) is 3.29. The van der Waals surface area contributed by atoms with E-state index in [1.807, 2.05) is 4.68 Å². The fourth-order valence-electron chi connectivity index (χ4n) is 2.78. The zero-order valence-corrected chi connectivity index (χ0v) is 13.1. The van der Waals surface area contributed by atoms with E-state index in [0.29, 0.717) is 25.5 Å². The molecule has 8 heteroatoms. The van der Waals surface area contributed by atoms with Gasteiger partial charge in [-0.15, -0.1) is 5.10 Å². The first-order chi connectivity index (χ1) is 9.29. The molecule has 0 spiro atoms. The number of sulfonamides is 1. The molecule has 1 aliphatic heterocycles. The molecule has 0 aromatic carbocycles. The van der Waals surface area contributed by atoms with Crippen molar-refractivity contribution in [2.24, 2.45) is 5.92 Å². The van der Waals surface area contributed by atoms with Gasteiger partial charge < -0.3 is 5.73 Å². The molecule has 0 aliphatic carbocycles. The summed E-state index contributed by atoms with van der Waals surface area (Å²) in [7, 11) is -3.11. The Morgan fingerprint density at radius 1 is 1.45 bits per heavy atom. The molecule has 0 saturated carbocycles. The van der Waals surface area contributed by atoms with Gasteiger partial charge in [0.25, 0.3) is 0 Å². The van der Waals surface area contributed by atoms with Gasteiger partial charge in [0.2, 0.25) is 10.0 Å². The molecular weight excluding hydrogens is 278 g/mol. The normalized spacial score (nSPS) is 21.5. The lowest BCUT2D eigenvalue weighted by molar-refractivity contribution is 0.237. The molecular formula is C12H23N5O2S. The highest BCUT2D eigenvalue weighted by atomic mass is 32.2. The van der Waals surface area contributed by atoms with E-state index in [-0.39, 0.29) is 11.8 Å². The fraction of sp³-hybridized carbons (Fsp3) is 0.833. The Balaban J connectivity index is 2.11. The van der Waals surface area contributed by atoms with Crippen LogP contribution < -0.4 is 5.73 Å². The molecule has 20 heavy (non-hydrogen) atoms. The van der Waals surface area contributed by atoms with E-state index in [0.717, 1.165) is 18.5 Å². The predicted molar refractivity (Wildman–Crippen MR) is 77.7 cm³/mol. The van der Waals surface area contributed by atoms with Crippen molar-refractivity contribution >= 4 is 15.8 Å². The van der Waals surface area contributed by atoms with E-state index in [9.17, 15) is 8.42 Å². The minimum atomic E-state index is -3.11. The molecule has 1 aromatic rings. The molecule has 2 N–H and O–H groups in total. The first kappa shape index (κ1) is 15.2. The van der Waals surface area contributed by atoms with Gasteiger partial charge in [-0.05, 0) is 24.7 Å². The Bertz CT molecular complexity index is 566. The van der Waals surface area contributed by atoms with Gasteiger partial charge in [0.1, 0.15) is 0 Å². The van der Waals surface area contributed by atoms with Gasteiger partial charge in [-0.3, -0.25) is 0 Å². The lowest BCUT2D eigenvalue weighted by Gasteiger charge is -2.31. The van der Waals surface area contributed by atoms with Gasteiger partial charge in [0, 0.05) is 19.6 Å². The summed E-state index contributed by atoms with van der Waals surface area (Å²) in [6, 6.07) is 0. The Labute approximate surface area is 120 Å². The maximum Gasteiger partial charge on any atom is 0.211 e. The van der Waals surface area contributed by atoms with Crippen LogP contribution in [0.1, 0.15) is 38.3 Å². The smallest absolute Gasteiger partial charge is 0.211 e. The molecule has 7 nitrogen and oxygen atoms in total. The average molecular weight is 301 g/mol. The van der Waals surface area contributed by atoms with Crippen molar-refractivity contribution in [3.05, 3.63) is 5.69 Å². The SMILES string of the molecule is CC(C)c1c(N)nnn1CC1CCCN(S(C)(=O)=O)C1. The van der Waals surface area contributed by atoms with Gasteiger partial charge >= 0.3 is 0 Å². The van der Waals surface area contributed by atoms with Crippen molar-refractivity contribution in [3.63, 3.8) is 0 Å². The van der Waals surface area contributed by atoms with Crippen molar-refractivity contribution in [2.75, 3.05) is 25.1 Å². The van der Waals surface area contributed by atoms with E-state index in [2.05, 4.69) is 24.2 Å². The molecule has 1 atom stereocenters. The maximum atomic E-state index is 11.6. The van der Waals surface area contributed by atoms with E-state index < -0.39 is 10.0 Å². The predicted octanol–water partition coefficient (Wildman–Crippen LogP) is 0.655. The number of aromatic nitrogens is 3. The standard InChI is InChI=1S/C12H23N5O2S/c1-9(2)11-12(13)14-15-17(11)8-10-5-4-6-16(7-10)20(3,18)19/h9-10H,4-8,13H2,1-3H3. The zero-order valence-electron chi connectivity index (χ0n) is 12.3. The Hall–Kier alpha value is -1.15. The van der Waals surface area contributed by atoms with Gasteiger partial charge in [-0.25, -0.2) is 17.4 Å². The summed E-state index contributed by atoms with van der Waals surface area (Å²) in [4.78, 5) is 0. The van der Waals surface area contributed by atoms with Gasteiger partial charge in [-0.2, -0.15) is 0 Å². The monoisotopic (exact) mass is 301 g/mol. The Morgan fingerprint density at radius 3 is 2.75 bits per heavy atom. The molecule has 2 rings (SSSR count). The van der Waals surface area contributed by atoms with Gasteiger partial charge in [-0.1, -0.05) is 19.1 Å². The van der Waals surface area contributed by atoms with Crippen molar-refractivity contribution in [1.29, 1.82) is 0 Å². The molecule has 114 valence electrons. The summed E-state index contributed by atoms with van der Waals surface area (Å²) in [6.07, 6.45) is 3.16. The van der Waals surface area contributed by atoms with E-state index >= 15 is 0 Å². The van der Waals surface area contributed by atoms with Crippen molar-refractivity contribution in [2.45, 2.75) is 39.2 Å². The molecule has 0 amide bonds. The Kier molecular flexibility index (Phi) is 4.33. The van der Waals surface area contributed by atoms with Crippen LogP contribution in [0.25, 0.3) is 0 Å². The summed E-state index contributed by atoms with van der Waals surface area (Å²) in [6.45, 7) is 5.94. The topological polar surface area (TPSA) is 94.1 Å². The minimum absolute atomic E-state index is 0.250. The summed E-state index contributed by atoms with van der Waals surface area (Å²) in [5, 5.41) is 8.02. The molecule has 0 bridgehead atoms. The second kappa shape index (κ2) is 5.69. The molecule has 1 aromatic heterocycles. The fourth-order valence-corrected chi connectivity index (χ4v) is 3.73. The third-order valence-electron chi connectivity index (χ3n) is 3.73. The van der Waals surface area contributed by atoms with Crippen molar-refractivity contribution in [1.82, 2.24) is 19.3 Å². The lowest BCUT2D eigenvalue weighted by Crippen LogP contribution is -2.40. The highest BCUT2D eigenvalue weighted by molar-refractivity contribution is 7.88. The molecule has 1 unspecified atom stereocenters. The van der Waals surface area contributed by atoms with Crippen LogP contribution in [0.15, 0.2) is 0 Å². The second-order valence-electron chi connectivity index (χ2n) is 5.83. The van der Waals surface area contributed by atoms with Crippen LogP contribution in [0.2, 0.25) is 0 Å². The number of rotatable bonds is 4. The van der Waals surface area contributed by atoms with E-state index in [4.69, 9.17) is 5.73 Å². The molecule has 1 saturated heterocycles.